The predicted molar refractivity (Wildman–Crippen MR) is 82.9 cm³/mol. The van der Waals surface area contributed by atoms with E-state index in [1.54, 1.807) is 6.07 Å². The lowest BCUT2D eigenvalue weighted by Crippen LogP contribution is -2.24. The number of nitrogens with one attached hydrogen (secondary N) is 1. The number of benzene rings is 1. The fourth-order valence-corrected chi connectivity index (χ4v) is 2.44. The van der Waals surface area contributed by atoms with Gasteiger partial charge in [0.15, 0.2) is 0 Å². The van der Waals surface area contributed by atoms with Gasteiger partial charge in [-0.15, -0.1) is 0 Å². The van der Waals surface area contributed by atoms with Crippen LogP contribution in [0.25, 0.3) is 0 Å². The van der Waals surface area contributed by atoms with Crippen molar-refractivity contribution < 1.29 is 4.39 Å². The van der Waals surface area contributed by atoms with Gasteiger partial charge >= 0.3 is 0 Å². The fraction of sp³-hybridized carbons (Fsp3) is 0.312. The van der Waals surface area contributed by atoms with Gasteiger partial charge in [0.1, 0.15) is 5.82 Å². The van der Waals surface area contributed by atoms with Crippen LogP contribution in [-0.4, -0.2) is 4.98 Å². The molecule has 2 atom stereocenters. The largest absolute Gasteiger partial charge is 0.302 e. The topological polar surface area (TPSA) is 24.9 Å². The number of nitrogens with zero attached hydrogens (tertiary/aromatic N) is 1. The van der Waals surface area contributed by atoms with Gasteiger partial charge in [-0.25, -0.2) is 4.39 Å². The van der Waals surface area contributed by atoms with Gasteiger partial charge in [0, 0.05) is 16.6 Å². The van der Waals surface area contributed by atoms with Gasteiger partial charge in [-0.2, -0.15) is 0 Å². The molecule has 0 saturated heterocycles. The third-order valence-electron chi connectivity index (χ3n) is 3.33. The molecule has 106 valence electrons. The Morgan fingerprint density at radius 2 is 1.90 bits per heavy atom. The molecule has 1 N–H and O–H groups in total. The molecular weight excluding hydrogens is 319 g/mol. The van der Waals surface area contributed by atoms with Crippen LogP contribution in [0.5, 0.6) is 0 Å². The zero-order chi connectivity index (χ0) is 14.5. The molecule has 0 aliphatic rings. The number of halogens is 2. The molecule has 0 radical (unpaired) electrons. The summed E-state index contributed by atoms with van der Waals surface area (Å²) in [6, 6.07) is 11.8. The van der Waals surface area contributed by atoms with E-state index in [1.165, 1.54) is 17.8 Å². The van der Waals surface area contributed by atoms with Crippen molar-refractivity contribution in [3.8, 4) is 0 Å². The number of hydrogen-bond donors (Lipinski definition) is 1. The molecule has 0 aliphatic carbocycles. The molecule has 0 fully saturated rings. The standard InChI is InChI=1S/C16H18BrFN2/c1-3-15(12-4-6-13(17)7-5-12)20-11(2)16-9-8-14(18)10-19-16/h4-11,15,20H,3H2,1-2H3. The molecule has 20 heavy (non-hydrogen) atoms. The van der Waals surface area contributed by atoms with Crippen molar-refractivity contribution in [2.75, 3.05) is 0 Å². The molecule has 0 bridgehead atoms. The fourth-order valence-electron chi connectivity index (χ4n) is 2.18. The Morgan fingerprint density at radius 1 is 1.20 bits per heavy atom. The number of aromatic nitrogens is 1. The van der Waals surface area contributed by atoms with E-state index in [1.807, 2.05) is 19.1 Å². The number of hydrogen-bond acceptors (Lipinski definition) is 2. The van der Waals surface area contributed by atoms with Crippen molar-refractivity contribution in [1.82, 2.24) is 10.3 Å². The lowest BCUT2D eigenvalue weighted by Gasteiger charge is -2.22. The highest BCUT2D eigenvalue weighted by Crippen LogP contribution is 2.23. The summed E-state index contributed by atoms with van der Waals surface area (Å²) in [6.07, 6.45) is 2.24. The van der Waals surface area contributed by atoms with Crippen LogP contribution in [0.15, 0.2) is 47.1 Å². The monoisotopic (exact) mass is 336 g/mol. The van der Waals surface area contributed by atoms with E-state index < -0.39 is 0 Å². The van der Waals surface area contributed by atoms with Gasteiger partial charge in [-0.3, -0.25) is 4.98 Å². The highest BCUT2D eigenvalue weighted by molar-refractivity contribution is 9.10. The average molecular weight is 337 g/mol. The second-order valence-corrected chi connectivity index (χ2v) is 5.72. The second kappa shape index (κ2) is 6.95. The molecule has 4 heteroatoms. The summed E-state index contributed by atoms with van der Waals surface area (Å²) in [6.45, 7) is 4.19. The summed E-state index contributed by atoms with van der Waals surface area (Å²) in [7, 11) is 0. The molecule has 2 aromatic rings. The van der Waals surface area contributed by atoms with Gasteiger partial charge in [-0.05, 0) is 43.2 Å². The molecule has 0 amide bonds. The summed E-state index contributed by atoms with van der Waals surface area (Å²) in [4.78, 5) is 4.13. The maximum Gasteiger partial charge on any atom is 0.141 e. The van der Waals surface area contributed by atoms with E-state index in [2.05, 4.69) is 45.3 Å². The molecule has 1 heterocycles. The van der Waals surface area contributed by atoms with E-state index in [0.717, 1.165) is 16.6 Å². The summed E-state index contributed by atoms with van der Waals surface area (Å²) < 4.78 is 14.0. The summed E-state index contributed by atoms with van der Waals surface area (Å²) in [5.74, 6) is -0.305. The van der Waals surface area contributed by atoms with Crippen molar-refractivity contribution in [3.05, 3.63) is 64.1 Å². The molecule has 0 aliphatic heterocycles. The van der Waals surface area contributed by atoms with E-state index >= 15 is 0 Å². The van der Waals surface area contributed by atoms with Crippen LogP contribution < -0.4 is 5.32 Å². The molecule has 1 aromatic heterocycles. The molecule has 1 aromatic carbocycles. The Bertz CT molecular complexity index is 539. The minimum Gasteiger partial charge on any atom is -0.302 e. The van der Waals surface area contributed by atoms with Crippen molar-refractivity contribution in [3.63, 3.8) is 0 Å². The van der Waals surface area contributed by atoms with Gasteiger partial charge in [0.25, 0.3) is 0 Å². The summed E-state index contributed by atoms with van der Waals surface area (Å²) in [5, 5.41) is 3.54. The number of pyridine rings is 1. The smallest absolute Gasteiger partial charge is 0.141 e. The normalized spacial score (nSPS) is 14.0. The highest BCUT2D eigenvalue weighted by atomic mass is 79.9. The second-order valence-electron chi connectivity index (χ2n) is 4.80. The Morgan fingerprint density at radius 3 is 2.45 bits per heavy atom. The van der Waals surface area contributed by atoms with Crippen LogP contribution >= 0.6 is 15.9 Å². The first-order chi connectivity index (χ1) is 9.60. The van der Waals surface area contributed by atoms with Crippen molar-refractivity contribution in [2.45, 2.75) is 32.4 Å². The van der Waals surface area contributed by atoms with E-state index in [-0.39, 0.29) is 17.9 Å². The maximum absolute atomic E-state index is 12.9. The highest BCUT2D eigenvalue weighted by Gasteiger charge is 2.14. The molecule has 0 spiro atoms. The lowest BCUT2D eigenvalue weighted by molar-refractivity contribution is 0.449. The Kier molecular flexibility index (Phi) is 5.26. The molecular formula is C16H18BrFN2. The van der Waals surface area contributed by atoms with Gasteiger partial charge in [0.2, 0.25) is 0 Å². The minimum absolute atomic E-state index is 0.0733. The van der Waals surface area contributed by atoms with Gasteiger partial charge in [0.05, 0.1) is 11.9 Å². The van der Waals surface area contributed by atoms with Crippen LogP contribution in [-0.2, 0) is 0 Å². The zero-order valence-corrected chi connectivity index (χ0v) is 13.2. The first kappa shape index (κ1) is 15.1. The third kappa shape index (κ3) is 3.87. The Balaban J connectivity index is 2.09. The Hall–Kier alpha value is -1.26. The first-order valence-electron chi connectivity index (χ1n) is 6.73. The minimum atomic E-state index is -0.305. The molecule has 0 saturated carbocycles. The summed E-state index contributed by atoms with van der Waals surface area (Å²) in [5.41, 5.74) is 2.09. The number of rotatable bonds is 5. The Labute approximate surface area is 127 Å². The third-order valence-corrected chi connectivity index (χ3v) is 3.85. The van der Waals surface area contributed by atoms with E-state index in [9.17, 15) is 4.39 Å². The van der Waals surface area contributed by atoms with Crippen molar-refractivity contribution in [2.24, 2.45) is 0 Å². The first-order valence-corrected chi connectivity index (χ1v) is 7.52. The van der Waals surface area contributed by atoms with E-state index in [0.29, 0.717) is 0 Å². The predicted octanol–water partition coefficient (Wildman–Crippen LogP) is 4.79. The molecule has 2 rings (SSSR count). The summed E-state index contributed by atoms with van der Waals surface area (Å²) >= 11 is 3.44. The lowest BCUT2D eigenvalue weighted by atomic mass is 10.0. The SMILES string of the molecule is CCC(NC(C)c1ccc(F)cn1)c1ccc(Br)cc1. The van der Waals surface area contributed by atoms with Crippen molar-refractivity contribution in [1.29, 1.82) is 0 Å². The van der Waals surface area contributed by atoms with Crippen LogP contribution in [0.3, 0.4) is 0 Å². The van der Waals surface area contributed by atoms with Gasteiger partial charge < -0.3 is 5.32 Å². The van der Waals surface area contributed by atoms with Gasteiger partial charge in [-0.1, -0.05) is 35.0 Å². The molecule has 2 nitrogen and oxygen atoms in total. The van der Waals surface area contributed by atoms with E-state index in [4.69, 9.17) is 0 Å². The zero-order valence-electron chi connectivity index (χ0n) is 11.6. The van der Waals surface area contributed by atoms with Crippen LogP contribution in [0.1, 0.15) is 43.6 Å². The molecule has 2 unspecified atom stereocenters. The average Bonchev–Trinajstić information content (AvgIpc) is 2.46. The van der Waals surface area contributed by atoms with Crippen LogP contribution in [0.4, 0.5) is 4.39 Å². The quantitative estimate of drug-likeness (QED) is 0.849. The van der Waals surface area contributed by atoms with Crippen LogP contribution in [0, 0.1) is 5.82 Å². The van der Waals surface area contributed by atoms with Crippen molar-refractivity contribution >= 4 is 15.9 Å². The van der Waals surface area contributed by atoms with Crippen LogP contribution in [0.2, 0.25) is 0 Å². The maximum atomic E-state index is 12.9.